The van der Waals surface area contributed by atoms with Crippen LogP contribution >= 0.6 is 0 Å². The summed E-state index contributed by atoms with van der Waals surface area (Å²) >= 11 is 0. The Labute approximate surface area is 156 Å². The molecule has 1 fully saturated rings. The summed E-state index contributed by atoms with van der Waals surface area (Å²) in [5.41, 5.74) is 1.63. The Morgan fingerprint density at radius 2 is 1.89 bits per heavy atom. The first-order valence-electron chi connectivity index (χ1n) is 8.71. The Hall–Kier alpha value is -3.00. The third kappa shape index (κ3) is 3.23. The van der Waals surface area contributed by atoms with Gasteiger partial charge < -0.3 is 19.1 Å². The number of rotatable bonds is 3. The summed E-state index contributed by atoms with van der Waals surface area (Å²) < 4.78 is 16.0. The lowest BCUT2D eigenvalue weighted by molar-refractivity contribution is -0.118. The number of allylic oxidation sites excluding steroid dienone is 1. The maximum Gasteiger partial charge on any atom is 0.264 e. The number of ether oxygens (including phenoxy) is 3. The lowest BCUT2D eigenvalue weighted by Gasteiger charge is -2.30. The number of nitrogens with zero attached hydrogens (tertiary/aromatic N) is 4. The smallest absolute Gasteiger partial charge is 0.264 e. The molecule has 1 atom stereocenters. The quantitative estimate of drug-likeness (QED) is 0.805. The summed E-state index contributed by atoms with van der Waals surface area (Å²) in [7, 11) is 3.16. The predicted molar refractivity (Wildman–Crippen MR) is 102 cm³/mol. The largest absolute Gasteiger partial charge is 0.493 e. The fourth-order valence-corrected chi connectivity index (χ4v) is 3.31. The Kier molecular flexibility index (Phi) is 4.72. The first kappa shape index (κ1) is 17.4. The van der Waals surface area contributed by atoms with E-state index in [-0.39, 0.29) is 5.91 Å². The van der Waals surface area contributed by atoms with Gasteiger partial charge in [0, 0.05) is 19.3 Å². The number of fused-ring (bicyclic) bond motifs is 1. The molecule has 0 aliphatic carbocycles. The van der Waals surface area contributed by atoms with Crippen molar-refractivity contribution in [2.45, 2.75) is 0 Å². The molecule has 3 heterocycles. The van der Waals surface area contributed by atoms with Gasteiger partial charge in [0.25, 0.3) is 5.91 Å². The van der Waals surface area contributed by atoms with Crippen LogP contribution < -0.4 is 9.47 Å². The van der Waals surface area contributed by atoms with Gasteiger partial charge in [-0.1, -0.05) is 6.07 Å². The van der Waals surface area contributed by atoms with E-state index in [0.29, 0.717) is 49.6 Å². The van der Waals surface area contributed by atoms with Crippen LogP contribution in [-0.2, 0) is 9.53 Å². The number of amidine groups is 1. The molecule has 0 aromatic heterocycles. The zero-order chi connectivity index (χ0) is 18.8. The van der Waals surface area contributed by atoms with Crippen molar-refractivity contribution in [2.24, 2.45) is 20.9 Å². The van der Waals surface area contributed by atoms with E-state index < -0.39 is 5.92 Å². The van der Waals surface area contributed by atoms with Crippen molar-refractivity contribution in [1.29, 1.82) is 0 Å². The number of carbonyl (C=O) groups excluding carboxylic acids is 1. The summed E-state index contributed by atoms with van der Waals surface area (Å²) in [5.74, 6) is 1.22. The molecule has 0 N–H and O–H groups in total. The highest BCUT2D eigenvalue weighted by molar-refractivity contribution is 6.25. The van der Waals surface area contributed by atoms with Crippen molar-refractivity contribution in [2.75, 3.05) is 40.5 Å². The molecular formula is C19H20N4O4. The van der Waals surface area contributed by atoms with Crippen LogP contribution in [0.2, 0.25) is 0 Å². The van der Waals surface area contributed by atoms with Crippen LogP contribution in [0.3, 0.4) is 0 Å². The molecule has 1 unspecified atom stereocenters. The molecule has 1 amide bonds. The second-order valence-corrected chi connectivity index (χ2v) is 6.22. The van der Waals surface area contributed by atoms with Crippen LogP contribution in [0.4, 0.5) is 0 Å². The average molecular weight is 368 g/mol. The number of amides is 1. The van der Waals surface area contributed by atoms with Gasteiger partial charge in [-0.05, 0) is 29.3 Å². The van der Waals surface area contributed by atoms with Crippen molar-refractivity contribution < 1.29 is 19.0 Å². The van der Waals surface area contributed by atoms with E-state index in [4.69, 9.17) is 14.2 Å². The number of aliphatic imine (C=N–C) groups is 3. The molecule has 8 nitrogen and oxygen atoms in total. The van der Waals surface area contributed by atoms with E-state index in [2.05, 4.69) is 15.0 Å². The van der Waals surface area contributed by atoms with E-state index in [1.807, 2.05) is 29.2 Å². The molecule has 0 radical (unpaired) electrons. The summed E-state index contributed by atoms with van der Waals surface area (Å²) in [4.78, 5) is 27.9. The summed E-state index contributed by atoms with van der Waals surface area (Å²) in [6.45, 7) is 2.52. The zero-order valence-electron chi connectivity index (χ0n) is 15.2. The highest BCUT2D eigenvalue weighted by atomic mass is 16.5. The standard InChI is InChI=1S/C19H20N4O4/c1-25-14-4-3-12(11-15(14)26-2)13-5-6-20-17-16(13)18(24)22-19(21-17)23-7-9-27-10-8-23/h3-6,11,16H,7-10H2,1-2H3. The fraction of sp³-hybridized carbons (Fsp3) is 0.368. The molecule has 1 saturated heterocycles. The van der Waals surface area contributed by atoms with Gasteiger partial charge in [0.05, 0.1) is 27.4 Å². The fourth-order valence-electron chi connectivity index (χ4n) is 3.31. The summed E-state index contributed by atoms with van der Waals surface area (Å²) in [6.07, 6.45) is 3.48. The van der Waals surface area contributed by atoms with Crippen LogP contribution in [0.15, 0.2) is 39.3 Å². The SMILES string of the molecule is COc1ccc(C2=CC=NC3=NC(N4CCOCC4)=NC(=O)C23)cc1OC. The average Bonchev–Trinajstić information content (AvgIpc) is 2.73. The van der Waals surface area contributed by atoms with Crippen LogP contribution in [0.1, 0.15) is 5.56 Å². The normalized spacial score (nSPS) is 21.9. The number of guanidine groups is 1. The summed E-state index contributed by atoms with van der Waals surface area (Å²) in [5, 5.41) is 0. The number of hydrogen-bond donors (Lipinski definition) is 0. The Bertz CT molecular complexity index is 882. The topological polar surface area (TPSA) is 85.1 Å². The van der Waals surface area contributed by atoms with Gasteiger partial charge in [-0.3, -0.25) is 4.79 Å². The second kappa shape index (κ2) is 7.32. The van der Waals surface area contributed by atoms with Gasteiger partial charge in [-0.2, -0.15) is 9.98 Å². The molecule has 140 valence electrons. The molecule has 1 aromatic rings. The maximum atomic E-state index is 12.8. The Balaban J connectivity index is 1.66. The van der Waals surface area contributed by atoms with E-state index in [9.17, 15) is 4.79 Å². The monoisotopic (exact) mass is 368 g/mol. The van der Waals surface area contributed by atoms with Gasteiger partial charge in [0.2, 0.25) is 5.96 Å². The zero-order valence-corrected chi connectivity index (χ0v) is 15.2. The third-order valence-corrected chi connectivity index (χ3v) is 4.71. The third-order valence-electron chi connectivity index (χ3n) is 4.71. The minimum Gasteiger partial charge on any atom is -0.493 e. The van der Waals surface area contributed by atoms with Crippen LogP contribution in [0.5, 0.6) is 11.5 Å². The van der Waals surface area contributed by atoms with Crippen molar-refractivity contribution in [3.05, 3.63) is 29.8 Å². The molecule has 3 aliphatic heterocycles. The van der Waals surface area contributed by atoms with E-state index in [0.717, 1.165) is 11.1 Å². The first-order valence-corrected chi connectivity index (χ1v) is 8.71. The lowest BCUT2D eigenvalue weighted by atomic mass is 9.88. The highest BCUT2D eigenvalue weighted by Gasteiger charge is 2.35. The van der Waals surface area contributed by atoms with Gasteiger partial charge in [0.1, 0.15) is 11.8 Å². The van der Waals surface area contributed by atoms with Crippen LogP contribution in [-0.4, -0.2) is 69.3 Å². The molecule has 3 aliphatic rings. The van der Waals surface area contributed by atoms with Gasteiger partial charge in [0.15, 0.2) is 11.5 Å². The number of benzene rings is 1. The first-order chi connectivity index (χ1) is 13.2. The molecule has 4 rings (SSSR count). The Morgan fingerprint density at radius 1 is 1.11 bits per heavy atom. The molecular weight excluding hydrogens is 348 g/mol. The molecule has 0 spiro atoms. The molecule has 27 heavy (non-hydrogen) atoms. The van der Waals surface area contributed by atoms with Gasteiger partial charge in [-0.15, -0.1) is 0 Å². The van der Waals surface area contributed by atoms with Crippen molar-refractivity contribution in [1.82, 2.24) is 4.90 Å². The number of hydrogen-bond acceptors (Lipinski definition) is 7. The minimum absolute atomic E-state index is 0.264. The lowest BCUT2D eigenvalue weighted by Crippen LogP contribution is -2.43. The number of methoxy groups -OCH3 is 2. The predicted octanol–water partition coefficient (Wildman–Crippen LogP) is 1.41. The van der Waals surface area contributed by atoms with Crippen molar-refractivity contribution in [3.8, 4) is 11.5 Å². The van der Waals surface area contributed by atoms with Crippen LogP contribution in [0, 0.1) is 5.92 Å². The molecule has 1 aromatic carbocycles. The highest BCUT2D eigenvalue weighted by Crippen LogP contribution is 2.35. The second-order valence-electron chi connectivity index (χ2n) is 6.22. The number of carbonyl (C=O) groups is 1. The van der Waals surface area contributed by atoms with E-state index in [1.165, 1.54) is 0 Å². The van der Waals surface area contributed by atoms with Gasteiger partial charge in [-0.25, -0.2) is 4.99 Å². The van der Waals surface area contributed by atoms with E-state index >= 15 is 0 Å². The molecule has 0 saturated carbocycles. The summed E-state index contributed by atoms with van der Waals surface area (Å²) in [6, 6.07) is 5.54. The van der Waals surface area contributed by atoms with E-state index in [1.54, 1.807) is 20.4 Å². The number of dihydropyridines is 1. The Morgan fingerprint density at radius 3 is 2.63 bits per heavy atom. The minimum atomic E-state index is -0.613. The van der Waals surface area contributed by atoms with Gasteiger partial charge >= 0.3 is 0 Å². The molecule has 8 heteroatoms. The van der Waals surface area contributed by atoms with Crippen molar-refractivity contribution >= 4 is 29.5 Å². The number of morpholine rings is 1. The maximum absolute atomic E-state index is 12.8. The molecule has 0 bridgehead atoms. The van der Waals surface area contributed by atoms with Crippen LogP contribution in [0.25, 0.3) is 5.57 Å². The van der Waals surface area contributed by atoms with Crippen molar-refractivity contribution in [3.63, 3.8) is 0 Å².